The van der Waals surface area contributed by atoms with Crippen molar-refractivity contribution >= 4 is 5.97 Å². The lowest BCUT2D eigenvalue weighted by atomic mass is 10.1. The fraction of sp³-hybridized carbons (Fsp3) is 0.462. The SMILES string of the molecule is CCCc1ccc(OCC(NC)C(=O)O)cc1. The van der Waals surface area contributed by atoms with Crippen molar-refractivity contribution < 1.29 is 14.6 Å². The molecule has 94 valence electrons. The summed E-state index contributed by atoms with van der Waals surface area (Å²) < 4.78 is 5.41. The minimum Gasteiger partial charge on any atom is -0.491 e. The average Bonchev–Trinajstić information content (AvgIpc) is 2.32. The highest BCUT2D eigenvalue weighted by atomic mass is 16.5. The molecule has 1 unspecified atom stereocenters. The molecule has 0 heterocycles. The first-order chi connectivity index (χ1) is 8.17. The Morgan fingerprint density at radius 2 is 2.06 bits per heavy atom. The maximum absolute atomic E-state index is 10.7. The average molecular weight is 237 g/mol. The summed E-state index contributed by atoms with van der Waals surface area (Å²) in [5, 5.41) is 11.5. The molecular formula is C13H19NO3. The van der Waals surface area contributed by atoms with Gasteiger partial charge in [-0.3, -0.25) is 4.79 Å². The van der Waals surface area contributed by atoms with Gasteiger partial charge in [-0.25, -0.2) is 0 Å². The number of carbonyl (C=O) groups is 1. The van der Waals surface area contributed by atoms with E-state index in [1.54, 1.807) is 7.05 Å². The van der Waals surface area contributed by atoms with Crippen molar-refractivity contribution in [1.29, 1.82) is 0 Å². The first kappa shape index (κ1) is 13.5. The Hall–Kier alpha value is -1.55. The maximum Gasteiger partial charge on any atom is 0.324 e. The van der Waals surface area contributed by atoms with Gasteiger partial charge in [-0.05, 0) is 31.2 Å². The fourth-order valence-electron chi connectivity index (χ4n) is 1.50. The minimum atomic E-state index is -0.907. The highest BCUT2D eigenvalue weighted by Crippen LogP contribution is 2.13. The monoisotopic (exact) mass is 237 g/mol. The summed E-state index contributed by atoms with van der Waals surface area (Å²) >= 11 is 0. The van der Waals surface area contributed by atoms with Gasteiger partial charge in [0.25, 0.3) is 0 Å². The Balaban J connectivity index is 2.49. The zero-order chi connectivity index (χ0) is 12.7. The van der Waals surface area contributed by atoms with E-state index in [1.165, 1.54) is 5.56 Å². The number of carboxylic acid groups (broad SMARTS) is 1. The minimum absolute atomic E-state index is 0.124. The number of hydrogen-bond donors (Lipinski definition) is 2. The normalized spacial score (nSPS) is 12.1. The maximum atomic E-state index is 10.7. The van der Waals surface area contributed by atoms with E-state index in [2.05, 4.69) is 12.2 Å². The Morgan fingerprint density at radius 3 is 2.53 bits per heavy atom. The van der Waals surface area contributed by atoms with Crippen molar-refractivity contribution in [2.45, 2.75) is 25.8 Å². The van der Waals surface area contributed by atoms with Crippen molar-refractivity contribution in [1.82, 2.24) is 5.32 Å². The summed E-state index contributed by atoms with van der Waals surface area (Å²) in [7, 11) is 1.60. The second-order valence-corrected chi connectivity index (χ2v) is 3.88. The van der Waals surface area contributed by atoms with E-state index < -0.39 is 12.0 Å². The first-order valence-electron chi connectivity index (χ1n) is 5.79. The summed E-state index contributed by atoms with van der Waals surface area (Å²) in [4.78, 5) is 10.7. The lowest BCUT2D eigenvalue weighted by Gasteiger charge is -2.12. The Labute approximate surface area is 102 Å². The zero-order valence-corrected chi connectivity index (χ0v) is 10.3. The quantitative estimate of drug-likeness (QED) is 0.757. The van der Waals surface area contributed by atoms with Gasteiger partial charge >= 0.3 is 5.97 Å². The Bertz CT molecular complexity index is 348. The second kappa shape index (κ2) is 6.91. The number of aliphatic carboxylic acids is 1. The lowest BCUT2D eigenvalue weighted by Crippen LogP contribution is -2.39. The molecule has 4 heteroatoms. The molecule has 0 amide bonds. The van der Waals surface area contributed by atoms with E-state index >= 15 is 0 Å². The van der Waals surface area contributed by atoms with Gasteiger partial charge < -0.3 is 15.2 Å². The van der Waals surface area contributed by atoms with Gasteiger partial charge in [0, 0.05) is 0 Å². The Morgan fingerprint density at radius 1 is 1.41 bits per heavy atom. The van der Waals surface area contributed by atoms with Crippen LogP contribution in [0.15, 0.2) is 24.3 Å². The molecule has 1 rings (SSSR count). The van der Waals surface area contributed by atoms with Gasteiger partial charge in [-0.2, -0.15) is 0 Å². The summed E-state index contributed by atoms with van der Waals surface area (Å²) in [5.41, 5.74) is 1.27. The van der Waals surface area contributed by atoms with Crippen molar-refractivity contribution in [3.8, 4) is 5.75 Å². The smallest absolute Gasteiger partial charge is 0.324 e. The van der Waals surface area contributed by atoms with Crippen LogP contribution in [0.2, 0.25) is 0 Å². The van der Waals surface area contributed by atoms with Crippen molar-refractivity contribution in [3.05, 3.63) is 29.8 Å². The molecule has 17 heavy (non-hydrogen) atoms. The van der Waals surface area contributed by atoms with Crippen LogP contribution in [0.1, 0.15) is 18.9 Å². The first-order valence-corrected chi connectivity index (χ1v) is 5.79. The summed E-state index contributed by atoms with van der Waals surface area (Å²) in [6, 6.07) is 7.09. The van der Waals surface area contributed by atoms with Gasteiger partial charge in [0.2, 0.25) is 0 Å². The van der Waals surface area contributed by atoms with Crippen molar-refractivity contribution in [2.24, 2.45) is 0 Å². The van der Waals surface area contributed by atoms with Gasteiger partial charge in [0.1, 0.15) is 18.4 Å². The molecular weight excluding hydrogens is 218 g/mol. The molecule has 1 atom stereocenters. The van der Waals surface area contributed by atoms with Crippen molar-refractivity contribution in [3.63, 3.8) is 0 Å². The predicted octanol–water partition coefficient (Wildman–Crippen LogP) is 1.69. The molecule has 0 saturated heterocycles. The third-order valence-electron chi connectivity index (χ3n) is 2.53. The highest BCUT2D eigenvalue weighted by molar-refractivity contribution is 5.73. The molecule has 1 aromatic rings. The van der Waals surface area contributed by atoms with Crippen LogP contribution in [0, 0.1) is 0 Å². The Kier molecular flexibility index (Phi) is 5.49. The third-order valence-corrected chi connectivity index (χ3v) is 2.53. The van der Waals surface area contributed by atoms with E-state index in [0.29, 0.717) is 5.75 Å². The predicted molar refractivity (Wildman–Crippen MR) is 66.4 cm³/mol. The number of carboxylic acids is 1. The number of likely N-dealkylation sites (N-methyl/N-ethyl adjacent to an activating group) is 1. The third kappa shape index (κ3) is 4.44. The van der Waals surface area contributed by atoms with E-state index in [1.807, 2.05) is 24.3 Å². The molecule has 0 radical (unpaired) electrons. The van der Waals surface area contributed by atoms with E-state index in [-0.39, 0.29) is 6.61 Å². The van der Waals surface area contributed by atoms with Gasteiger partial charge in [-0.1, -0.05) is 25.5 Å². The number of ether oxygens (including phenoxy) is 1. The van der Waals surface area contributed by atoms with E-state index in [4.69, 9.17) is 9.84 Å². The number of nitrogens with one attached hydrogen (secondary N) is 1. The number of benzene rings is 1. The lowest BCUT2D eigenvalue weighted by molar-refractivity contribution is -0.140. The zero-order valence-electron chi connectivity index (χ0n) is 10.3. The molecule has 0 aromatic heterocycles. The summed E-state index contributed by atoms with van der Waals surface area (Å²) in [6.45, 7) is 2.26. The second-order valence-electron chi connectivity index (χ2n) is 3.88. The van der Waals surface area contributed by atoms with Crippen LogP contribution >= 0.6 is 0 Å². The van der Waals surface area contributed by atoms with Crippen molar-refractivity contribution in [2.75, 3.05) is 13.7 Å². The van der Waals surface area contributed by atoms with Crippen LogP contribution in [0.3, 0.4) is 0 Å². The van der Waals surface area contributed by atoms with E-state index in [0.717, 1.165) is 12.8 Å². The molecule has 0 spiro atoms. The van der Waals surface area contributed by atoms with Crippen LogP contribution in [0.25, 0.3) is 0 Å². The van der Waals surface area contributed by atoms with Crippen LogP contribution < -0.4 is 10.1 Å². The van der Waals surface area contributed by atoms with Crippen LogP contribution in [0.4, 0.5) is 0 Å². The topological polar surface area (TPSA) is 58.6 Å². The summed E-state index contributed by atoms with van der Waals surface area (Å²) in [6.07, 6.45) is 2.16. The van der Waals surface area contributed by atoms with Gasteiger partial charge in [-0.15, -0.1) is 0 Å². The molecule has 0 aliphatic heterocycles. The molecule has 2 N–H and O–H groups in total. The largest absolute Gasteiger partial charge is 0.491 e. The number of hydrogen-bond acceptors (Lipinski definition) is 3. The standard InChI is InChI=1S/C13H19NO3/c1-3-4-10-5-7-11(8-6-10)17-9-12(14-2)13(15)16/h5-8,12,14H,3-4,9H2,1-2H3,(H,15,16). The summed E-state index contributed by atoms with van der Waals surface area (Å²) in [5.74, 6) is -0.207. The number of aryl methyl sites for hydroxylation is 1. The molecule has 0 saturated carbocycles. The molecule has 1 aromatic carbocycles. The fourth-order valence-corrected chi connectivity index (χ4v) is 1.50. The number of rotatable bonds is 7. The van der Waals surface area contributed by atoms with Crippen LogP contribution in [0.5, 0.6) is 5.75 Å². The van der Waals surface area contributed by atoms with Gasteiger partial charge in [0.05, 0.1) is 0 Å². The van der Waals surface area contributed by atoms with Crippen LogP contribution in [-0.2, 0) is 11.2 Å². The molecule has 0 aliphatic carbocycles. The van der Waals surface area contributed by atoms with E-state index in [9.17, 15) is 4.79 Å². The van der Waals surface area contributed by atoms with Gasteiger partial charge in [0.15, 0.2) is 0 Å². The highest BCUT2D eigenvalue weighted by Gasteiger charge is 2.15. The molecule has 4 nitrogen and oxygen atoms in total. The van der Waals surface area contributed by atoms with Crippen LogP contribution in [-0.4, -0.2) is 30.8 Å². The molecule has 0 bridgehead atoms. The molecule has 0 fully saturated rings. The molecule has 0 aliphatic rings.